The van der Waals surface area contributed by atoms with Crippen molar-refractivity contribution in [2.45, 2.75) is 11.0 Å². The first kappa shape index (κ1) is 19.4. The Kier molecular flexibility index (Phi) is 4.76. The highest BCUT2D eigenvalue weighted by atomic mass is 32.2. The standard InChI is InChI=1S/C21H16F2O5S/c1-29(25,26)14-5-2-12(3-6-14)16-9-19-20(28-11-27-19)10-17(16)21(24)15-7-4-13(22)8-18(15)23/h2-10,21,24H,11H2,1H3. The molecule has 0 saturated heterocycles. The van der Waals surface area contributed by atoms with E-state index in [0.29, 0.717) is 34.3 Å². The largest absolute Gasteiger partial charge is 0.454 e. The fourth-order valence-corrected chi connectivity index (χ4v) is 3.84. The number of aliphatic hydroxyl groups is 1. The second-order valence-electron chi connectivity index (χ2n) is 6.66. The lowest BCUT2D eigenvalue weighted by molar-refractivity contribution is 0.173. The Balaban J connectivity index is 1.85. The second kappa shape index (κ2) is 7.13. The molecule has 0 aromatic heterocycles. The maximum Gasteiger partial charge on any atom is 0.231 e. The van der Waals surface area contributed by atoms with Crippen LogP contribution in [0.5, 0.6) is 11.5 Å². The van der Waals surface area contributed by atoms with Gasteiger partial charge in [0.05, 0.1) is 4.90 Å². The number of fused-ring (bicyclic) bond motifs is 1. The molecule has 1 unspecified atom stereocenters. The van der Waals surface area contributed by atoms with Gasteiger partial charge in [-0.2, -0.15) is 0 Å². The van der Waals surface area contributed by atoms with Crippen LogP contribution in [0.15, 0.2) is 59.5 Å². The molecule has 4 rings (SSSR count). The van der Waals surface area contributed by atoms with Gasteiger partial charge in [0.2, 0.25) is 6.79 Å². The van der Waals surface area contributed by atoms with Gasteiger partial charge < -0.3 is 14.6 Å². The molecule has 5 nitrogen and oxygen atoms in total. The summed E-state index contributed by atoms with van der Waals surface area (Å²) in [4.78, 5) is 0.147. The lowest BCUT2D eigenvalue weighted by Crippen LogP contribution is -2.05. The van der Waals surface area contributed by atoms with E-state index in [2.05, 4.69) is 0 Å². The van der Waals surface area contributed by atoms with E-state index in [9.17, 15) is 22.3 Å². The molecule has 150 valence electrons. The molecule has 1 N–H and O–H groups in total. The molecule has 0 amide bonds. The first-order chi connectivity index (χ1) is 13.7. The van der Waals surface area contributed by atoms with Gasteiger partial charge in [-0.25, -0.2) is 17.2 Å². The fourth-order valence-electron chi connectivity index (χ4n) is 3.21. The predicted octanol–water partition coefficient (Wildman–Crippen LogP) is 3.85. The molecule has 0 radical (unpaired) electrons. The van der Waals surface area contributed by atoms with Crippen molar-refractivity contribution >= 4 is 9.84 Å². The molecule has 3 aromatic rings. The summed E-state index contributed by atoms with van der Waals surface area (Å²) in [6.45, 7) is 0.00620. The minimum absolute atomic E-state index is 0.00620. The Morgan fingerprint density at radius 3 is 2.21 bits per heavy atom. The van der Waals surface area contributed by atoms with Gasteiger partial charge in [0, 0.05) is 17.9 Å². The van der Waals surface area contributed by atoms with Crippen molar-refractivity contribution in [2.75, 3.05) is 13.0 Å². The highest BCUT2D eigenvalue weighted by Gasteiger charge is 2.25. The molecule has 0 fully saturated rings. The molecular formula is C21H16F2O5S. The van der Waals surface area contributed by atoms with Crippen molar-refractivity contribution in [1.29, 1.82) is 0 Å². The summed E-state index contributed by atoms with van der Waals surface area (Å²) < 4.78 is 61.7. The maximum absolute atomic E-state index is 14.3. The summed E-state index contributed by atoms with van der Waals surface area (Å²) in [6, 6.07) is 12.2. The van der Waals surface area contributed by atoms with Crippen LogP contribution in [-0.4, -0.2) is 26.6 Å². The number of halogens is 2. The van der Waals surface area contributed by atoms with Crippen LogP contribution in [0.1, 0.15) is 17.2 Å². The molecule has 0 aliphatic carbocycles. The van der Waals surface area contributed by atoms with Crippen LogP contribution in [0.2, 0.25) is 0 Å². The minimum Gasteiger partial charge on any atom is -0.454 e. The van der Waals surface area contributed by atoms with E-state index in [-0.39, 0.29) is 17.3 Å². The minimum atomic E-state index is -3.37. The van der Waals surface area contributed by atoms with Crippen molar-refractivity contribution < 1.29 is 31.8 Å². The van der Waals surface area contributed by atoms with E-state index in [4.69, 9.17) is 9.47 Å². The zero-order valence-corrected chi connectivity index (χ0v) is 16.0. The third-order valence-corrected chi connectivity index (χ3v) is 5.82. The number of ether oxygens (including phenoxy) is 2. The highest BCUT2D eigenvalue weighted by molar-refractivity contribution is 7.90. The quantitative estimate of drug-likeness (QED) is 0.697. The summed E-state index contributed by atoms with van der Waals surface area (Å²) in [5.74, 6) is -0.796. The topological polar surface area (TPSA) is 72.8 Å². The number of rotatable bonds is 4. The molecule has 1 atom stereocenters. The molecule has 29 heavy (non-hydrogen) atoms. The fraction of sp³-hybridized carbons (Fsp3) is 0.143. The van der Waals surface area contributed by atoms with Crippen LogP contribution in [0.25, 0.3) is 11.1 Å². The zero-order valence-electron chi connectivity index (χ0n) is 15.2. The molecule has 1 aliphatic heterocycles. The van der Waals surface area contributed by atoms with Gasteiger partial charge in [-0.05, 0) is 47.0 Å². The first-order valence-corrected chi connectivity index (χ1v) is 10.5. The van der Waals surface area contributed by atoms with Crippen molar-refractivity contribution in [2.24, 2.45) is 0 Å². The molecule has 0 spiro atoms. The van der Waals surface area contributed by atoms with Crippen LogP contribution < -0.4 is 9.47 Å². The first-order valence-electron chi connectivity index (χ1n) is 8.61. The third-order valence-electron chi connectivity index (χ3n) is 4.69. The molecule has 0 saturated carbocycles. The SMILES string of the molecule is CS(=O)(=O)c1ccc(-c2cc3c(cc2C(O)c2ccc(F)cc2F)OCO3)cc1. The van der Waals surface area contributed by atoms with Gasteiger partial charge in [0.25, 0.3) is 0 Å². The smallest absolute Gasteiger partial charge is 0.231 e. The van der Waals surface area contributed by atoms with Gasteiger partial charge in [-0.3, -0.25) is 0 Å². The lowest BCUT2D eigenvalue weighted by Gasteiger charge is -2.18. The summed E-state index contributed by atoms with van der Waals surface area (Å²) in [6.07, 6.45) is -0.301. The highest BCUT2D eigenvalue weighted by Crippen LogP contribution is 2.42. The lowest BCUT2D eigenvalue weighted by atomic mass is 9.92. The summed E-state index contributed by atoms with van der Waals surface area (Å²) >= 11 is 0. The van der Waals surface area contributed by atoms with Gasteiger partial charge in [-0.15, -0.1) is 0 Å². The third kappa shape index (κ3) is 3.68. The average Bonchev–Trinajstić information content (AvgIpc) is 3.13. The Bertz CT molecular complexity index is 1190. The van der Waals surface area contributed by atoms with E-state index >= 15 is 0 Å². The number of hydrogen-bond donors (Lipinski definition) is 1. The molecule has 1 aliphatic rings. The maximum atomic E-state index is 14.3. The number of aliphatic hydroxyl groups excluding tert-OH is 1. The van der Waals surface area contributed by atoms with Crippen LogP contribution in [0, 0.1) is 11.6 Å². The van der Waals surface area contributed by atoms with Crippen LogP contribution in [0.4, 0.5) is 8.78 Å². The molecule has 1 heterocycles. The molecular weight excluding hydrogens is 402 g/mol. The predicted molar refractivity (Wildman–Crippen MR) is 102 cm³/mol. The van der Waals surface area contributed by atoms with E-state index < -0.39 is 27.6 Å². The van der Waals surface area contributed by atoms with Crippen molar-refractivity contribution in [3.63, 3.8) is 0 Å². The molecule has 3 aromatic carbocycles. The Hall–Kier alpha value is -2.97. The Labute approximate surface area is 166 Å². The van der Waals surface area contributed by atoms with Gasteiger partial charge >= 0.3 is 0 Å². The van der Waals surface area contributed by atoms with E-state index in [1.807, 2.05) is 0 Å². The van der Waals surface area contributed by atoms with E-state index in [1.54, 1.807) is 18.2 Å². The van der Waals surface area contributed by atoms with Crippen molar-refractivity contribution in [1.82, 2.24) is 0 Å². The van der Waals surface area contributed by atoms with Crippen LogP contribution >= 0.6 is 0 Å². The van der Waals surface area contributed by atoms with Gasteiger partial charge in [0.15, 0.2) is 21.3 Å². The van der Waals surface area contributed by atoms with E-state index in [0.717, 1.165) is 12.3 Å². The number of sulfone groups is 1. The Morgan fingerprint density at radius 1 is 0.931 bits per heavy atom. The van der Waals surface area contributed by atoms with Crippen molar-refractivity contribution in [3.8, 4) is 22.6 Å². The van der Waals surface area contributed by atoms with Crippen molar-refractivity contribution in [3.05, 3.63) is 77.4 Å². The van der Waals surface area contributed by atoms with Crippen LogP contribution in [0.3, 0.4) is 0 Å². The van der Waals surface area contributed by atoms with Crippen LogP contribution in [-0.2, 0) is 9.84 Å². The summed E-state index contributed by atoms with van der Waals surface area (Å²) in [7, 11) is -3.37. The number of hydrogen-bond acceptors (Lipinski definition) is 5. The van der Waals surface area contributed by atoms with Gasteiger partial charge in [-0.1, -0.05) is 18.2 Å². The zero-order chi connectivity index (χ0) is 20.8. The normalized spacial score (nSPS) is 14.1. The Morgan fingerprint density at radius 2 is 1.59 bits per heavy atom. The summed E-state index contributed by atoms with van der Waals surface area (Å²) in [5.41, 5.74) is 1.31. The monoisotopic (exact) mass is 418 g/mol. The second-order valence-corrected chi connectivity index (χ2v) is 8.67. The molecule has 0 bridgehead atoms. The van der Waals surface area contributed by atoms with E-state index in [1.165, 1.54) is 24.3 Å². The van der Waals surface area contributed by atoms with Gasteiger partial charge in [0.1, 0.15) is 17.7 Å². The summed E-state index contributed by atoms with van der Waals surface area (Å²) in [5, 5.41) is 10.9. The number of benzene rings is 3. The molecule has 8 heteroatoms. The average molecular weight is 418 g/mol.